The van der Waals surface area contributed by atoms with Crippen LogP contribution in [0.5, 0.6) is 5.75 Å². The van der Waals surface area contributed by atoms with E-state index in [1.807, 2.05) is 41.4 Å². The van der Waals surface area contributed by atoms with E-state index in [2.05, 4.69) is 15.9 Å². The van der Waals surface area contributed by atoms with Gasteiger partial charge >= 0.3 is 0 Å². The predicted molar refractivity (Wildman–Crippen MR) is 135 cm³/mol. The Kier molecular flexibility index (Phi) is 5.11. The van der Waals surface area contributed by atoms with Crippen molar-refractivity contribution in [3.8, 4) is 5.75 Å². The summed E-state index contributed by atoms with van der Waals surface area (Å²) in [5.41, 5.74) is 2.94. The first-order chi connectivity index (χ1) is 17.0. The maximum Gasteiger partial charge on any atom is 0.240 e. The Bertz CT molecular complexity index is 1380. The van der Waals surface area contributed by atoms with Crippen LogP contribution in [-0.2, 0) is 9.59 Å². The average Bonchev–Trinajstić information content (AvgIpc) is 3.37. The van der Waals surface area contributed by atoms with Crippen LogP contribution in [-0.4, -0.2) is 35.6 Å². The van der Waals surface area contributed by atoms with Gasteiger partial charge in [-0.25, -0.2) is 4.90 Å². The number of benzene rings is 3. The Morgan fingerprint density at radius 1 is 0.886 bits per heavy atom. The number of Topliss-reactive ketones (excluding diaryl/α,β-unsaturated/α-hetero) is 1. The molecule has 174 valence electrons. The van der Waals surface area contributed by atoms with Gasteiger partial charge in [-0.2, -0.15) is 0 Å². The van der Waals surface area contributed by atoms with Crippen molar-refractivity contribution in [3.05, 3.63) is 100 Å². The molecule has 6 rings (SSSR count). The van der Waals surface area contributed by atoms with Crippen LogP contribution in [0.1, 0.15) is 27.5 Å². The Hall–Kier alpha value is -3.71. The number of ether oxygens (including phenoxy) is 1. The van der Waals surface area contributed by atoms with Crippen LogP contribution in [0.25, 0.3) is 6.08 Å². The Labute approximate surface area is 210 Å². The van der Waals surface area contributed by atoms with Gasteiger partial charge < -0.3 is 9.64 Å². The second-order valence-corrected chi connectivity index (χ2v) is 9.83. The molecule has 35 heavy (non-hydrogen) atoms. The zero-order valence-electron chi connectivity index (χ0n) is 18.8. The third-order valence-electron chi connectivity index (χ3n) is 7.19. The number of carbonyl (C=O) groups excluding carboxylic acids is 3. The fraction of sp³-hybridized carbons (Fsp3) is 0.179. The molecular weight excluding hydrogens is 508 g/mol. The van der Waals surface area contributed by atoms with E-state index in [-0.39, 0.29) is 17.6 Å². The van der Waals surface area contributed by atoms with Gasteiger partial charge in [0.05, 0.1) is 30.7 Å². The number of amides is 2. The van der Waals surface area contributed by atoms with E-state index in [0.29, 0.717) is 17.0 Å². The Morgan fingerprint density at radius 2 is 1.57 bits per heavy atom. The van der Waals surface area contributed by atoms with E-state index in [4.69, 9.17) is 4.74 Å². The molecule has 3 aliphatic heterocycles. The number of methoxy groups -OCH3 is 1. The summed E-state index contributed by atoms with van der Waals surface area (Å²) in [5, 5.41) is 0. The van der Waals surface area contributed by atoms with Crippen molar-refractivity contribution in [3.63, 3.8) is 0 Å². The summed E-state index contributed by atoms with van der Waals surface area (Å²) < 4.78 is 6.08. The van der Waals surface area contributed by atoms with E-state index >= 15 is 0 Å². The first-order valence-corrected chi connectivity index (χ1v) is 12.1. The fourth-order valence-electron chi connectivity index (χ4n) is 5.63. The van der Waals surface area contributed by atoms with Crippen molar-refractivity contribution >= 4 is 45.3 Å². The molecule has 6 nitrogen and oxygen atoms in total. The number of anilines is 1. The van der Waals surface area contributed by atoms with Crippen molar-refractivity contribution < 1.29 is 19.1 Å². The van der Waals surface area contributed by atoms with E-state index in [1.54, 1.807) is 55.6 Å². The number of imide groups is 1. The topological polar surface area (TPSA) is 66.9 Å². The van der Waals surface area contributed by atoms with Gasteiger partial charge in [-0.3, -0.25) is 14.4 Å². The quantitative estimate of drug-likeness (QED) is 0.357. The molecule has 0 bridgehead atoms. The van der Waals surface area contributed by atoms with Crippen LogP contribution < -0.4 is 9.64 Å². The van der Waals surface area contributed by atoms with Gasteiger partial charge in [-0.15, -0.1) is 0 Å². The maximum absolute atomic E-state index is 13.9. The zero-order valence-corrected chi connectivity index (χ0v) is 20.4. The molecule has 4 atom stereocenters. The minimum atomic E-state index is -0.792. The van der Waals surface area contributed by atoms with Crippen LogP contribution in [0.3, 0.4) is 0 Å². The van der Waals surface area contributed by atoms with Gasteiger partial charge in [0.25, 0.3) is 0 Å². The third-order valence-corrected chi connectivity index (χ3v) is 7.72. The Morgan fingerprint density at radius 3 is 2.29 bits per heavy atom. The highest BCUT2D eigenvalue weighted by Crippen LogP contribution is 2.53. The predicted octanol–water partition coefficient (Wildman–Crippen LogP) is 4.86. The highest BCUT2D eigenvalue weighted by atomic mass is 79.9. The van der Waals surface area contributed by atoms with Crippen molar-refractivity contribution in [2.45, 2.75) is 12.1 Å². The number of hydrogen-bond acceptors (Lipinski definition) is 5. The average molecular weight is 529 g/mol. The van der Waals surface area contributed by atoms with Gasteiger partial charge in [0.2, 0.25) is 11.8 Å². The molecule has 0 spiro atoms. The number of nitrogens with zero attached hydrogens (tertiary/aromatic N) is 2. The van der Waals surface area contributed by atoms with Crippen molar-refractivity contribution in [2.75, 3.05) is 12.0 Å². The molecule has 7 heteroatoms. The van der Waals surface area contributed by atoms with Gasteiger partial charge in [0.1, 0.15) is 11.8 Å². The van der Waals surface area contributed by atoms with Crippen LogP contribution in [0, 0.1) is 11.8 Å². The third kappa shape index (κ3) is 3.26. The van der Waals surface area contributed by atoms with Crippen molar-refractivity contribution in [1.82, 2.24) is 4.90 Å². The summed E-state index contributed by atoms with van der Waals surface area (Å²) in [6, 6.07) is 20.6. The fourth-order valence-corrected chi connectivity index (χ4v) is 5.89. The lowest BCUT2D eigenvalue weighted by Crippen LogP contribution is -2.44. The lowest BCUT2D eigenvalue weighted by atomic mass is 9.83. The zero-order chi connectivity index (χ0) is 24.3. The molecule has 0 N–H and O–H groups in total. The second kappa shape index (κ2) is 8.20. The number of hydrogen-bond donors (Lipinski definition) is 0. The lowest BCUT2D eigenvalue weighted by Gasteiger charge is -2.35. The summed E-state index contributed by atoms with van der Waals surface area (Å²) in [7, 11) is 1.57. The summed E-state index contributed by atoms with van der Waals surface area (Å²) >= 11 is 3.40. The summed E-state index contributed by atoms with van der Waals surface area (Å²) in [6.45, 7) is 0. The van der Waals surface area contributed by atoms with Crippen LogP contribution in [0.4, 0.5) is 5.69 Å². The molecule has 2 amide bonds. The second-order valence-electron chi connectivity index (χ2n) is 8.91. The number of halogens is 1. The molecule has 0 aromatic heterocycles. The molecular formula is C28H21BrN2O4. The highest BCUT2D eigenvalue weighted by Gasteiger charge is 2.64. The first kappa shape index (κ1) is 21.8. The SMILES string of the molecule is COc1ccc(C(=O)[C@@H]2[C@@H]3C(=O)N(c4ccc(Br)cc4)C(=O)[C@@H]3C3c4ccccc4C=CN32)cc1. The summed E-state index contributed by atoms with van der Waals surface area (Å²) in [4.78, 5) is 44.8. The van der Waals surface area contributed by atoms with E-state index < -0.39 is 23.9 Å². The molecule has 2 fully saturated rings. The molecule has 0 aliphatic carbocycles. The number of ketones is 1. The van der Waals surface area contributed by atoms with Gasteiger partial charge in [0, 0.05) is 16.2 Å². The van der Waals surface area contributed by atoms with Gasteiger partial charge in [-0.1, -0.05) is 40.2 Å². The van der Waals surface area contributed by atoms with Crippen LogP contribution in [0.15, 0.2) is 83.5 Å². The van der Waals surface area contributed by atoms with Crippen LogP contribution >= 0.6 is 15.9 Å². The van der Waals surface area contributed by atoms with Crippen molar-refractivity contribution in [1.29, 1.82) is 0 Å². The molecule has 1 unspecified atom stereocenters. The van der Waals surface area contributed by atoms with Gasteiger partial charge in [-0.05, 0) is 65.7 Å². The van der Waals surface area contributed by atoms with E-state index in [1.165, 1.54) is 4.90 Å². The maximum atomic E-state index is 13.9. The number of carbonyl (C=O) groups is 3. The largest absolute Gasteiger partial charge is 0.497 e. The van der Waals surface area contributed by atoms with E-state index in [9.17, 15) is 14.4 Å². The minimum Gasteiger partial charge on any atom is -0.497 e. The normalized spacial score (nSPS) is 24.3. The minimum absolute atomic E-state index is 0.187. The highest BCUT2D eigenvalue weighted by molar-refractivity contribution is 9.10. The molecule has 3 aromatic carbocycles. The molecule has 3 aromatic rings. The molecule has 3 aliphatic rings. The monoisotopic (exact) mass is 528 g/mol. The lowest BCUT2D eigenvalue weighted by molar-refractivity contribution is -0.123. The number of fused-ring (bicyclic) bond motifs is 5. The molecule has 0 saturated carbocycles. The molecule has 2 saturated heterocycles. The standard InChI is InChI=1S/C28H21BrN2O4/c1-35-20-12-6-17(7-13-20)26(32)25-23-22(24-21-5-3-2-4-16(21)14-15-30(24)25)27(33)31(28(23)34)19-10-8-18(29)9-11-19/h2-15,22-25H,1H3/t22-,23+,24?,25-/m0/s1. The van der Waals surface area contributed by atoms with Crippen molar-refractivity contribution in [2.24, 2.45) is 11.8 Å². The summed E-state index contributed by atoms with van der Waals surface area (Å²) in [6.07, 6.45) is 3.81. The van der Waals surface area contributed by atoms with E-state index in [0.717, 1.165) is 15.6 Å². The van der Waals surface area contributed by atoms with Crippen LogP contribution in [0.2, 0.25) is 0 Å². The smallest absolute Gasteiger partial charge is 0.240 e. The van der Waals surface area contributed by atoms with Gasteiger partial charge in [0.15, 0.2) is 5.78 Å². The molecule has 0 radical (unpaired) electrons. The summed E-state index contributed by atoms with van der Waals surface area (Å²) in [5.74, 6) is -1.61. The Balaban J connectivity index is 1.47. The molecule has 3 heterocycles. The first-order valence-electron chi connectivity index (χ1n) is 11.4. The number of rotatable bonds is 4.